The van der Waals surface area contributed by atoms with Crippen molar-refractivity contribution in [2.75, 3.05) is 50.2 Å². The average molecular weight is 358 g/mol. The number of amides is 1. The zero-order chi connectivity index (χ0) is 18.5. The molecule has 1 aliphatic rings. The Morgan fingerprint density at radius 1 is 1.27 bits per heavy atom. The number of hydrogen-bond acceptors (Lipinski definition) is 5. The summed E-state index contributed by atoms with van der Waals surface area (Å²) in [6.07, 6.45) is 0. The first-order valence-corrected chi connectivity index (χ1v) is 8.58. The molecule has 1 aromatic carbocycles. The van der Waals surface area contributed by atoms with Gasteiger partial charge in [0.2, 0.25) is 0 Å². The van der Waals surface area contributed by atoms with Crippen molar-refractivity contribution in [1.82, 2.24) is 10.3 Å². The molecular weight excluding hydrogens is 335 g/mol. The first-order chi connectivity index (χ1) is 12.5. The minimum Gasteiger partial charge on any atom is -0.378 e. The maximum atomic E-state index is 14.0. The minimum atomic E-state index is -0.421. The number of rotatable bonds is 5. The van der Waals surface area contributed by atoms with Gasteiger partial charge in [-0.1, -0.05) is 6.07 Å². The van der Waals surface area contributed by atoms with Crippen LogP contribution in [0.2, 0.25) is 0 Å². The number of benzene rings is 1. The molecule has 1 N–H and O–H groups in total. The minimum absolute atomic E-state index is 0.286. The van der Waals surface area contributed by atoms with Gasteiger partial charge >= 0.3 is 0 Å². The van der Waals surface area contributed by atoms with Gasteiger partial charge < -0.3 is 19.9 Å². The lowest BCUT2D eigenvalue weighted by molar-refractivity contribution is 0.0950. The molecule has 0 radical (unpaired) electrons. The van der Waals surface area contributed by atoms with Crippen LogP contribution in [0.1, 0.15) is 16.1 Å². The highest BCUT2D eigenvalue weighted by molar-refractivity contribution is 5.94. The molecule has 0 bridgehead atoms. The maximum absolute atomic E-state index is 14.0. The Bertz CT molecular complexity index is 776. The molecule has 6 nitrogen and oxygen atoms in total. The van der Waals surface area contributed by atoms with Gasteiger partial charge in [0.25, 0.3) is 5.91 Å². The molecule has 1 aromatic heterocycles. The first-order valence-electron chi connectivity index (χ1n) is 8.58. The third kappa shape index (κ3) is 4.29. The normalized spacial score (nSPS) is 14.2. The van der Waals surface area contributed by atoms with Crippen LogP contribution in [0.15, 0.2) is 36.4 Å². The fourth-order valence-electron chi connectivity index (χ4n) is 2.82. The predicted octanol–water partition coefficient (Wildman–Crippen LogP) is 2.05. The highest BCUT2D eigenvalue weighted by atomic mass is 19.1. The van der Waals surface area contributed by atoms with E-state index in [0.717, 1.165) is 24.6 Å². The number of ether oxygens (including phenoxy) is 1. The van der Waals surface area contributed by atoms with Crippen LogP contribution >= 0.6 is 0 Å². The van der Waals surface area contributed by atoms with E-state index in [4.69, 9.17) is 4.74 Å². The van der Waals surface area contributed by atoms with Gasteiger partial charge in [0.15, 0.2) is 0 Å². The third-order valence-corrected chi connectivity index (χ3v) is 4.25. The number of morpholine rings is 1. The molecule has 26 heavy (non-hydrogen) atoms. The second-order valence-corrected chi connectivity index (χ2v) is 6.33. The number of nitrogens with one attached hydrogen (secondary N) is 1. The summed E-state index contributed by atoms with van der Waals surface area (Å²) in [7, 11) is 3.51. The van der Waals surface area contributed by atoms with Crippen molar-refractivity contribution in [3.63, 3.8) is 0 Å². The number of pyridine rings is 1. The summed E-state index contributed by atoms with van der Waals surface area (Å²) in [6, 6.07) is 10.2. The summed E-state index contributed by atoms with van der Waals surface area (Å²) in [5.74, 6) is 0.129. The van der Waals surface area contributed by atoms with E-state index in [1.807, 2.05) is 18.2 Å². The Kier molecular flexibility index (Phi) is 5.68. The Morgan fingerprint density at radius 3 is 2.73 bits per heavy atom. The van der Waals surface area contributed by atoms with Crippen LogP contribution in [0.25, 0.3) is 0 Å². The first kappa shape index (κ1) is 18.1. The lowest BCUT2D eigenvalue weighted by Crippen LogP contribution is -2.37. The monoisotopic (exact) mass is 358 g/mol. The van der Waals surface area contributed by atoms with Crippen LogP contribution in [-0.4, -0.2) is 51.3 Å². The molecule has 0 unspecified atom stereocenters. The van der Waals surface area contributed by atoms with E-state index in [0.29, 0.717) is 18.9 Å². The Labute approximate surface area is 152 Å². The number of anilines is 2. The molecule has 2 aromatic rings. The molecule has 7 heteroatoms. The SMILES string of the molecule is CN(C)c1ccc(C(=O)NCc2cccc(N3CCOCC3)n2)cc1F. The molecule has 138 valence electrons. The fourth-order valence-corrected chi connectivity index (χ4v) is 2.82. The molecule has 3 rings (SSSR count). The van der Waals surface area contributed by atoms with Crippen molar-refractivity contribution in [1.29, 1.82) is 0 Å². The van der Waals surface area contributed by atoms with Crippen LogP contribution in [0, 0.1) is 5.82 Å². The highest BCUT2D eigenvalue weighted by Gasteiger charge is 2.14. The van der Waals surface area contributed by atoms with E-state index < -0.39 is 5.82 Å². The van der Waals surface area contributed by atoms with Gasteiger partial charge in [-0.05, 0) is 30.3 Å². The van der Waals surface area contributed by atoms with E-state index >= 15 is 0 Å². The number of carbonyl (C=O) groups is 1. The fraction of sp³-hybridized carbons (Fsp3) is 0.368. The van der Waals surface area contributed by atoms with Crippen LogP contribution in [0.4, 0.5) is 15.9 Å². The standard InChI is InChI=1S/C19H23FN4O2/c1-23(2)17-7-6-14(12-16(17)20)19(25)21-13-15-4-3-5-18(22-15)24-8-10-26-11-9-24/h3-7,12H,8-11,13H2,1-2H3,(H,21,25). The van der Waals surface area contributed by atoms with E-state index in [-0.39, 0.29) is 18.0 Å². The number of nitrogens with zero attached hydrogens (tertiary/aromatic N) is 3. The van der Waals surface area contributed by atoms with Gasteiger partial charge in [-0.15, -0.1) is 0 Å². The van der Waals surface area contributed by atoms with Crippen molar-refractivity contribution in [3.8, 4) is 0 Å². The smallest absolute Gasteiger partial charge is 0.251 e. The Hall–Kier alpha value is -2.67. The topological polar surface area (TPSA) is 57.7 Å². The summed E-state index contributed by atoms with van der Waals surface area (Å²) >= 11 is 0. The van der Waals surface area contributed by atoms with Gasteiger partial charge in [-0.3, -0.25) is 4.79 Å². The van der Waals surface area contributed by atoms with Gasteiger partial charge in [-0.25, -0.2) is 9.37 Å². The van der Waals surface area contributed by atoms with Crippen LogP contribution in [0.5, 0.6) is 0 Å². The third-order valence-electron chi connectivity index (χ3n) is 4.25. The number of aromatic nitrogens is 1. The molecule has 0 saturated carbocycles. The zero-order valence-electron chi connectivity index (χ0n) is 15.0. The lowest BCUT2D eigenvalue weighted by Gasteiger charge is -2.28. The quantitative estimate of drug-likeness (QED) is 0.887. The molecular formula is C19H23FN4O2. The average Bonchev–Trinajstić information content (AvgIpc) is 2.66. The predicted molar refractivity (Wildman–Crippen MR) is 99.2 cm³/mol. The van der Waals surface area contributed by atoms with Gasteiger partial charge in [-0.2, -0.15) is 0 Å². The molecule has 0 atom stereocenters. The number of carbonyl (C=O) groups excluding carboxylic acids is 1. The number of halogens is 1. The van der Waals surface area contributed by atoms with Gasteiger partial charge in [0, 0.05) is 32.7 Å². The van der Waals surface area contributed by atoms with E-state index in [9.17, 15) is 9.18 Å². The Morgan fingerprint density at radius 2 is 2.04 bits per heavy atom. The van der Waals surface area contributed by atoms with Crippen molar-refractivity contribution in [2.24, 2.45) is 0 Å². The van der Waals surface area contributed by atoms with E-state index in [1.54, 1.807) is 31.1 Å². The van der Waals surface area contributed by atoms with Crippen LogP contribution in [-0.2, 0) is 11.3 Å². The van der Waals surface area contributed by atoms with Crippen molar-refractivity contribution in [3.05, 3.63) is 53.5 Å². The summed E-state index contributed by atoms with van der Waals surface area (Å²) in [5.41, 5.74) is 1.49. The molecule has 1 aliphatic heterocycles. The molecule has 0 aliphatic carbocycles. The summed E-state index contributed by atoms with van der Waals surface area (Å²) in [6.45, 7) is 3.28. The van der Waals surface area contributed by atoms with E-state index in [1.165, 1.54) is 6.07 Å². The van der Waals surface area contributed by atoms with Crippen molar-refractivity contribution in [2.45, 2.75) is 6.54 Å². The summed E-state index contributed by atoms with van der Waals surface area (Å²) in [4.78, 5) is 20.7. The van der Waals surface area contributed by atoms with E-state index in [2.05, 4.69) is 15.2 Å². The Balaban J connectivity index is 1.63. The highest BCUT2D eigenvalue weighted by Crippen LogP contribution is 2.18. The zero-order valence-corrected chi connectivity index (χ0v) is 15.0. The number of hydrogen-bond donors (Lipinski definition) is 1. The maximum Gasteiger partial charge on any atom is 0.251 e. The second kappa shape index (κ2) is 8.14. The van der Waals surface area contributed by atoms with Crippen molar-refractivity contribution >= 4 is 17.4 Å². The van der Waals surface area contributed by atoms with Crippen LogP contribution < -0.4 is 15.1 Å². The lowest BCUT2D eigenvalue weighted by atomic mass is 10.1. The van der Waals surface area contributed by atoms with Gasteiger partial charge in [0.05, 0.1) is 31.1 Å². The molecule has 1 fully saturated rings. The molecule has 2 heterocycles. The van der Waals surface area contributed by atoms with Crippen LogP contribution in [0.3, 0.4) is 0 Å². The summed E-state index contributed by atoms with van der Waals surface area (Å²) in [5, 5.41) is 2.80. The van der Waals surface area contributed by atoms with Gasteiger partial charge in [0.1, 0.15) is 11.6 Å². The molecule has 1 amide bonds. The molecule has 0 spiro atoms. The molecule has 1 saturated heterocycles. The van der Waals surface area contributed by atoms with Crippen molar-refractivity contribution < 1.29 is 13.9 Å². The largest absolute Gasteiger partial charge is 0.378 e. The summed E-state index contributed by atoms with van der Waals surface area (Å²) < 4.78 is 19.4. The second-order valence-electron chi connectivity index (χ2n) is 6.33.